The van der Waals surface area contributed by atoms with E-state index in [-0.39, 0.29) is 5.91 Å². The third-order valence-corrected chi connectivity index (χ3v) is 2.25. The molecule has 13 heavy (non-hydrogen) atoms. The highest BCUT2D eigenvalue weighted by molar-refractivity contribution is 5.76. The fraction of sp³-hybridized carbons (Fsp3) is 0.889. The zero-order valence-corrected chi connectivity index (χ0v) is 8.16. The summed E-state index contributed by atoms with van der Waals surface area (Å²) in [6, 6.07) is 0. The largest absolute Gasteiger partial charge is 0.379 e. The highest BCUT2D eigenvalue weighted by atomic mass is 16.5. The van der Waals surface area contributed by atoms with E-state index in [0.29, 0.717) is 38.6 Å². The zero-order chi connectivity index (χ0) is 9.68. The minimum Gasteiger partial charge on any atom is -0.379 e. The lowest BCUT2D eigenvalue weighted by molar-refractivity contribution is -0.130. The number of carbonyl (C=O) groups is 1. The van der Waals surface area contributed by atoms with Gasteiger partial charge in [-0.15, -0.1) is 0 Å². The third-order valence-electron chi connectivity index (χ3n) is 2.25. The molecule has 0 aromatic heterocycles. The van der Waals surface area contributed by atoms with Gasteiger partial charge in [0.2, 0.25) is 5.91 Å². The molecule has 1 heterocycles. The number of hydrogen-bond acceptors (Lipinski definition) is 3. The van der Waals surface area contributed by atoms with Crippen molar-refractivity contribution in [2.45, 2.75) is 13.3 Å². The van der Waals surface area contributed by atoms with E-state index in [0.717, 1.165) is 6.54 Å². The summed E-state index contributed by atoms with van der Waals surface area (Å²) in [5.41, 5.74) is 5.50. The predicted molar refractivity (Wildman–Crippen MR) is 50.2 cm³/mol. The second kappa shape index (κ2) is 5.19. The minimum atomic E-state index is 0.192. The Bertz CT molecular complexity index is 173. The molecule has 1 atom stereocenters. The van der Waals surface area contributed by atoms with Gasteiger partial charge in [-0.25, -0.2) is 0 Å². The summed E-state index contributed by atoms with van der Waals surface area (Å²) < 4.78 is 5.22. The molecule has 0 aromatic rings. The average molecular weight is 186 g/mol. The first-order chi connectivity index (χ1) is 6.24. The van der Waals surface area contributed by atoms with Crippen molar-refractivity contribution in [1.82, 2.24) is 4.90 Å². The molecule has 0 aliphatic carbocycles. The first-order valence-electron chi connectivity index (χ1n) is 4.79. The van der Waals surface area contributed by atoms with E-state index in [2.05, 4.69) is 6.92 Å². The Kier molecular flexibility index (Phi) is 4.18. The number of hydrogen-bond donors (Lipinski definition) is 1. The van der Waals surface area contributed by atoms with Gasteiger partial charge in [0.05, 0.1) is 19.6 Å². The van der Waals surface area contributed by atoms with Crippen molar-refractivity contribution in [1.29, 1.82) is 0 Å². The quantitative estimate of drug-likeness (QED) is 0.666. The van der Waals surface area contributed by atoms with E-state index >= 15 is 0 Å². The lowest BCUT2D eigenvalue weighted by Crippen LogP contribution is -2.37. The Morgan fingerprint density at radius 3 is 3.08 bits per heavy atom. The number of rotatable bonds is 3. The summed E-state index contributed by atoms with van der Waals surface area (Å²) >= 11 is 0. The maximum atomic E-state index is 11.5. The standard InChI is InChI=1S/C9H18N2O2/c1-8(6-10)7-11-3-5-13-4-2-9(11)12/h8H,2-7,10H2,1H3. The maximum Gasteiger partial charge on any atom is 0.224 e. The second-order valence-corrected chi connectivity index (χ2v) is 3.54. The molecule has 1 rings (SSSR count). The van der Waals surface area contributed by atoms with Gasteiger partial charge in [0.15, 0.2) is 0 Å². The van der Waals surface area contributed by atoms with Crippen molar-refractivity contribution in [2.75, 3.05) is 32.8 Å². The molecular weight excluding hydrogens is 168 g/mol. The molecule has 0 bridgehead atoms. The van der Waals surface area contributed by atoms with Gasteiger partial charge in [-0.1, -0.05) is 6.92 Å². The smallest absolute Gasteiger partial charge is 0.224 e. The van der Waals surface area contributed by atoms with Crippen LogP contribution in [-0.2, 0) is 9.53 Å². The monoisotopic (exact) mass is 186 g/mol. The van der Waals surface area contributed by atoms with Crippen LogP contribution in [0.5, 0.6) is 0 Å². The maximum absolute atomic E-state index is 11.5. The molecule has 4 nitrogen and oxygen atoms in total. The Labute approximate surface area is 79.0 Å². The number of carbonyl (C=O) groups excluding carboxylic acids is 1. The van der Waals surface area contributed by atoms with Crippen LogP contribution in [0.1, 0.15) is 13.3 Å². The first kappa shape index (κ1) is 10.5. The van der Waals surface area contributed by atoms with Crippen molar-refractivity contribution in [3.63, 3.8) is 0 Å². The number of nitrogens with two attached hydrogens (primary N) is 1. The molecule has 1 unspecified atom stereocenters. The van der Waals surface area contributed by atoms with E-state index in [1.807, 2.05) is 4.90 Å². The average Bonchev–Trinajstić information content (AvgIpc) is 2.32. The van der Waals surface area contributed by atoms with Gasteiger partial charge >= 0.3 is 0 Å². The van der Waals surface area contributed by atoms with Gasteiger partial charge in [-0.2, -0.15) is 0 Å². The van der Waals surface area contributed by atoms with Crippen LogP contribution >= 0.6 is 0 Å². The Morgan fingerprint density at radius 1 is 1.62 bits per heavy atom. The number of ether oxygens (including phenoxy) is 1. The van der Waals surface area contributed by atoms with Gasteiger partial charge in [-0.05, 0) is 12.5 Å². The molecule has 0 radical (unpaired) electrons. The zero-order valence-electron chi connectivity index (χ0n) is 8.16. The third kappa shape index (κ3) is 3.32. The molecular formula is C9H18N2O2. The lowest BCUT2D eigenvalue weighted by Gasteiger charge is -2.22. The predicted octanol–water partition coefficient (Wildman–Crippen LogP) is -0.170. The normalized spacial score (nSPS) is 21.4. The van der Waals surface area contributed by atoms with Crippen LogP contribution in [0, 0.1) is 5.92 Å². The van der Waals surface area contributed by atoms with Crippen LogP contribution < -0.4 is 5.73 Å². The molecule has 0 saturated carbocycles. The van der Waals surface area contributed by atoms with Crippen LogP contribution in [0.4, 0.5) is 0 Å². The van der Waals surface area contributed by atoms with E-state index in [1.54, 1.807) is 0 Å². The molecule has 0 aromatic carbocycles. The van der Waals surface area contributed by atoms with Crippen molar-refractivity contribution < 1.29 is 9.53 Å². The molecule has 1 aliphatic heterocycles. The molecule has 76 valence electrons. The van der Waals surface area contributed by atoms with Crippen molar-refractivity contribution in [2.24, 2.45) is 11.7 Å². The summed E-state index contributed by atoms with van der Waals surface area (Å²) in [6.07, 6.45) is 0.511. The van der Waals surface area contributed by atoms with Gasteiger partial charge in [0.25, 0.3) is 0 Å². The highest BCUT2D eigenvalue weighted by Crippen LogP contribution is 2.04. The summed E-state index contributed by atoms with van der Waals surface area (Å²) in [6.45, 7) is 5.38. The molecule has 1 fully saturated rings. The van der Waals surface area contributed by atoms with Crippen LogP contribution in [0.15, 0.2) is 0 Å². The number of amides is 1. The van der Waals surface area contributed by atoms with Gasteiger partial charge in [0.1, 0.15) is 0 Å². The molecule has 1 amide bonds. The fourth-order valence-electron chi connectivity index (χ4n) is 1.36. The van der Waals surface area contributed by atoms with Crippen molar-refractivity contribution in [3.05, 3.63) is 0 Å². The summed E-state index contributed by atoms with van der Waals surface area (Å²) in [5, 5.41) is 0. The van der Waals surface area contributed by atoms with Gasteiger partial charge < -0.3 is 15.4 Å². The second-order valence-electron chi connectivity index (χ2n) is 3.54. The molecule has 1 aliphatic rings. The van der Waals surface area contributed by atoms with E-state index in [4.69, 9.17) is 10.5 Å². The lowest BCUT2D eigenvalue weighted by atomic mass is 10.1. The SMILES string of the molecule is CC(CN)CN1CCOCCC1=O. The summed E-state index contributed by atoms with van der Waals surface area (Å²) in [5.74, 6) is 0.569. The highest BCUT2D eigenvalue weighted by Gasteiger charge is 2.17. The van der Waals surface area contributed by atoms with Crippen LogP contribution in [0.2, 0.25) is 0 Å². The van der Waals surface area contributed by atoms with E-state index < -0.39 is 0 Å². The first-order valence-corrected chi connectivity index (χ1v) is 4.79. The summed E-state index contributed by atoms with van der Waals surface area (Å²) in [4.78, 5) is 13.3. The fourth-order valence-corrected chi connectivity index (χ4v) is 1.36. The van der Waals surface area contributed by atoms with Crippen LogP contribution in [0.25, 0.3) is 0 Å². The van der Waals surface area contributed by atoms with E-state index in [1.165, 1.54) is 0 Å². The van der Waals surface area contributed by atoms with Crippen LogP contribution in [0.3, 0.4) is 0 Å². The summed E-state index contributed by atoms with van der Waals surface area (Å²) in [7, 11) is 0. The van der Waals surface area contributed by atoms with Gasteiger partial charge in [-0.3, -0.25) is 4.79 Å². The molecule has 4 heteroatoms. The molecule has 2 N–H and O–H groups in total. The minimum absolute atomic E-state index is 0.192. The van der Waals surface area contributed by atoms with E-state index in [9.17, 15) is 4.79 Å². The Hall–Kier alpha value is -0.610. The van der Waals surface area contributed by atoms with Crippen LogP contribution in [-0.4, -0.2) is 43.7 Å². The Morgan fingerprint density at radius 2 is 2.38 bits per heavy atom. The number of nitrogens with zero attached hydrogens (tertiary/aromatic N) is 1. The van der Waals surface area contributed by atoms with Crippen molar-refractivity contribution >= 4 is 5.91 Å². The van der Waals surface area contributed by atoms with Crippen molar-refractivity contribution in [3.8, 4) is 0 Å². The van der Waals surface area contributed by atoms with Gasteiger partial charge in [0, 0.05) is 13.1 Å². The topological polar surface area (TPSA) is 55.6 Å². The Balaban J connectivity index is 2.40. The molecule has 1 saturated heterocycles. The molecule has 0 spiro atoms.